The molecule has 4 nitrogen and oxygen atoms in total. The Morgan fingerprint density at radius 2 is 2.04 bits per heavy atom. The predicted molar refractivity (Wildman–Crippen MR) is 92.8 cm³/mol. The van der Waals surface area contributed by atoms with Crippen LogP contribution in [0.5, 0.6) is 0 Å². The SMILES string of the molecule is C[C@@H](NC[C@H](c1ccc(Cl)cc1)n1cccn1)C1CCOCC1. The summed E-state index contributed by atoms with van der Waals surface area (Å²) in [6.45, 7) is 4.90. The molecule has 2 heterocycles. The van der Waals surface area contributed by atoms with E-state index < -0.39 is 0 Å². The largest absolute Gasteiger partial charge is 0.381 e. The van der Waals surface area contributed by atoms with Gasteiger partial charge in [0.05, 0.1) is 6.04 Å². The highest BCUT2D eigenvalue weighted by Crippen LogP contribution is 2.22. The lowest BCUT2D eigenvalue weighted by Crippen LogP contribution is -2.40. The van der Waals surface area contributed by atoms with Crippen molar-refractivity contribution >= 4 is 11.6 Å². The molecule has 0 amide bonds. The number of benzene rings is 1. The molecule has 3 rings (SSSR count). The van der Waals surface area contributed by atoms with E-state index in [1.54, 1.807) is 0 Å². The van der Waals surface area contributed by atoms with Crippen LogP contribution in [0.25, 0.3) is 0 Å². The van der Waals surface area contributed by atoms with Crippen molar-refractivity contribution < 1.29 is 4.74 Å². The van der Waals surface area contributed by atoms with Crippen LogP contribution >= 0.6 is 11.6 Å². The number of aromatic nitrogens is 2. The minimum atomic E-state index is 0.171. The molecule has 1 fully saturated rings. The highest BCUT2D eigenvalue weighted by Gasteiger charge is 2.22. The van der Waals surface area contributed by atoms with Crippen LogP contribution in [0.2, 0.25) is 5.02 Å². The number of halogens is 1. The second kappa shape index (κ2) is 7.95. The molecule has 0 bridgehead atoms. The zero-order chi connectivity index (χ0) is 16.1. The van der Waals surface area contributed by atoms with Gasteiger partial charge in [-0.05, 0) is 49.4 Å². The van der Waals surface area contributed by atoms with Crippen LogP contribution in [0.15, 0.2) is 42.7 Å². The quantitative estimate of drug-likeness (QED) is 0.879. The summed E-state index contributed by atoms with van der Waals surface area (Å²) in [5.74, 6) is 0.687. The topological polar surface area (TPSA) is 39.1 Å². The Labute approximate surface area is 142 Å². The molecule has 124 valence electrons. The highest BCUT2D eigenvalue weighted by atomic mass is 35.5. The van der Waals surface area contributed by atoms with E-state index in [1.165, 1.54) is 5.56 Å². The Morgan fingerprint density at radius 1 is 1.30 bits per heavy atom. The molecule has 2 atom stereocenters. The number of nitrogens with one attached hydrogen (secondary N) is 1. The first-order chi connectivity index (χ1) is 11.2. The van der Waals surface area contributed by atoms with Crippen molar-refractivity contribution in [2.75, 3.05) is 19.8 Å². The Kier molecular flexibility index (Phi) is 5.70. The van der Waals surface area contributed by atoms with Gasteiger partial charge in [0.15, 0.2) is 0 Å². The average Bonchev–Trinajstić information content (AvgIpc) is 3.11. The number of rotatable bonds is 6. The summed E-state index contributed by atoms with van der Waals surface area (Å²) in [6.07, 6.45) is 6.12. The van der Waals surface area contributed by atoms with Crippen LogP contribution in [0, 0.1) is 5.92 Å². The van der Waals surface area contributed by atoms with Gasteiger partial charge in [-0.1, -0.05) is 23.7 Å². The number of hydrogen-bond acceptors (Lipinski definition) is 3. The molecule has 0 unspecified atom stereocenters. The van der Waals surface area contributed by atoms with E-state index >= 15 is 0 Å². The molecule has 1 aliphatic heterocycles. The lowest BCUT2D eigenvalue weighted by atomic mass is 9.92. The van der Waals surface area contributed by atoms with Crippen molar-refractivity contribution in [3.8, 4) is 0 Å². The van der Waals surface area contributed by atoms with E-state index in [0.29, 0.717) is 12.0 Å². The monoisotopic (exact) mass is 333 g/mol. The second-order valence-corrected chi connectivity index (χ2v) is 6.64. The molecule has 1 aromatic carbocycles. The molecule has 23 heavy (non-hydrogen) atoms. The van der Waals surface area contributed by atoms with Crippen LogP contribution in [-0.2, 0) is 4.74 Å². The van der Waals surface area contributed by atoms with Gasteiger partial charge in [0.25, 0.3) is 0 Å². The van der Waals surface area contributed by atoms with Crippen molar-refractivity contribution in [1.82, 2.24) is 15.1 Å². The van der Waals surface area contributed by atoms with Crippen molar-refractivity contribution in [3.05, 3.63) is 53.3 Å². The number of hydrogen-bond donors (Lipinski definition) is 1. The van der Waals surface area contributed by atoms with Crippen LogP contribution in [0.1, 0.15) is 31.4 Å². The summed E-state index contributed by atoms with van der Waals surface area (Å²) < 4.78 is 7.47. The average molecular weight is 334 g/mol. The smallest absolute Gasteiger partial charge is 0.0892 e. The summed E-state index contributed by atoms with van der Waals surface area (Å²) >= 11 is 6.02. The van der Waals surface area contributed by atoms with Gasteiger partial charge in [0.1, 0.15) is 0 Å². The Bertz CT molecular complexity index is 579. The Balaban J connectivity index is 1.68. The zero-order valence-electron chi connectivity index (χ0n) is 13.5. The first kappa shape index (κ1) is 16.5. The molecule has 0 radical (unpaired) electrons. The third-order valence-corrected chi connectivity index (χ3v) is 4.96. The Morgan fingerprint density at radius 3 is 2.70 bits per heavy atom. The maximum absolute atomic E-state index is 6.02. The van der Waals surface area contributed by atoms with Crippen molar-refractivity contribution in [2.45, 2.75) is 31.8 Å². The van der Waals surface area contributed by atoms with Gasteiger partial charge in [-0.3, -0.25) is 4.68 Å². The standard InChI is InChI=1S/C18H24ClN3O/c1-14(15-7-11-23-12-8-15)20-13-18(22-10-2-9-21-22)16-3-5-17(19)6-4-16/h2-6,9-10,14-15,18,20H,7-8,11-13H2,1H3/t14-,18-/m1/s1. The summed E-state index contributed by atoms with van der Waals surface area (Å²) in [5.41, 5.74) is 1.21. The summed E-state index contributed by atoms with van der Waals surface area (Å²) in [6, 6.07) is 10.6. The molecule has 0 aliphatic carbocycles. The predicted octanol–water partition coefficient (Wildman–Crippen LogP) is 3.53. The van der Waals surface area contributed by atoms with Gasteiger partial charge in [-0.25, -0.2) is 0 Å². The summed E-state index contributed by atoms with van der Waals surface area (Å²) in [7, 11) is 0. The molecule has 1 saturated heterocycles. The lowest BCUT2D eigenvalue weighted by Gasteiger charge is -2.30. The third-order valence-electron chi connectivity index (χ3n) is 4.71. The fourth-order valence-corrected chi connectivity index (χ4v) is 3.32. The molecule has 0 spiro atoms. The molecular formula is C18H24ClN3O. The van der Waals surface area contributed by atoms with Crippen LogP contribution in [-0.4, -0.2) is 35.6 Å². The minimum Gasteiger partial charge on any atom is -0.381 e. The van der Waals surface area contributed by atoms with Gasteiger partial charge in [-0.2, -0.15) is 5.10 Å². The first-order valence-corrected chi connectivity index (χ1v) is 8.67. The zero-order valence-corrected chi connectivity index (χ0v) is 14.2. The number of ether oxygens (including phenoxy) is 1. The maximum Gasteiger partial charge on any atom is 0.0892 e. The van der Waals surface area contributed by atoms with Gasteiger partial charge >= 0.3 is 0 Å². The van der Waals surface area contributed by atoms with E-state index in [4.69, 9.17) is 16.3 Å². The highest BCUT2D eigenvalue weighted by molar-refractivity contribution is 6.30. The fraction of sp³-hybridized carbons (Fsp3) is 0.500. The molecule has 1 N–H and O–H groups in total. The lowest BCUT2D eigenvalue weighted by molar-refractivity contribution is 0.0556. The fourth-order valence-electron chi connectivity index (χ4n) is 3.19. The molecule has 1 aliphatic rings. The van der Waals surface area contributed by atoms with Crippen LogP contribution < -0.4 is 5.32 Å². The van der Waals surface area contributed by atoms with Crippen LogP contribution in [0.3, 0.4) is 0 Å². The van der Waals surface area contributed by atoms with E-state index in [-0.39, 0.29) is 6.04 Å². The van der Waals surface area contributed by atoms with E-state index in [1.807, 2.05) is 35.3 Å². The normalized spacial score (nSPS) is 18.7. The third kappa shape index (κ3) is 4.34. The van der Waals surface area contributed by atoms with Gasteiger partial charge in [-0.15, -0.1) is 0 Å². The molecule has 1 aromatic heterocycles. The van der Waals surface area contributed by atoms with E-state index in [9.17, 15) is 0 Å². The second-order valence-electron chi connectivity index (χ2n) is 6.20. The van der Waals surface area contributed by atoms with Crippen LogP contribution in [0.4, 0.5) is 0 Å². The molecule has 0 saturated carbocycles. The minimum absolute atomic E-state index is 0.171. The molecular weight excluding hydrogens is 310 g/mol. The molecule has 5 heteroatoms. The summed E-state index contributed by atoms with van der Waals surface area (Å²) in [5, 5.41) is 8.89. The molecule has 2 aromatic rings. The van der Waals surface area contributed by atoms with Crippen molar-refractivity contribution in [2.24, 2.45) is 5.92 Å². The van der Waals surface area contributed by atoms with Crippen molar-refractivity contribution in [3.63, 3.8) is 0 Å². The van der Waals surface area contributed by atoms with Crippen molar-refractivity contribution in [1.29, 1.82) is 0 Å². The van der Waals surface area contributed by atoms with E-state index in [0.717, 1.165) is 37.6 Å². The van der Waals surface area contributed by atoms with Gasteiger partial charge in [0.2, 0.25) is 0 Å². The maximum atomic E-state index is 6.02. The van der Waals surface area contributed by atoms with E-state index in [2.05, 4.69) is 29.5 Å². The van der Waals surface area contributed by atoms with Gasteiger partial charge in [0, 0.05) is 43.2 Å². The summed E-state index contributed by atoms with van der Waals surface area (Å²) in [4.78, 5) is 0. The first-order valence-electron chi connectivity index (χ1n) is 8.30. The number of nitrogens with zero attached hydrogens (tertiary/aromatic N) is 2. The van der Waals surface area contributed by atoms with Gasteiger partial charge < -0.3 is 10.1 Å². The Hall–Kier alpha value is -1.36.